The van der Waals surface area contributed by atoms with Crippen LogP contribution in [0.5, 0.6) is 5.75 Å². The Labute approximate surface area is 256 Å². The van der Waals surface area contributed by atoms with Crippen LogP contribution in [0, 0.1) is 12.8 Å². The summed E-state index contributed by atoms with van der Waals surface area (Å²) < 4.78 is 31.4. The van der Waals surface area contributed by atoms with Crippen LogP contribution in [0.2, 0.25) is 0 Å². The van der Waals surface area contributed by atoms with Crippen LogP contribution in [0.3, 0.4) is 0 Å². The molecule has 1 saturated heterocycles. The molecule has 0 bridgehead atoms. The van der Waals surface area contributed by atoms with E-state index in [0.29, 0.717) is 22.9 Å². The van der Waals surface area contributed by atoms with E-state index in [2.05, 4.69) is 29.9 Å². The summed E-state index contributed by atoms with van der Waals surface area (Å²) in [5, 5.41) is 3.33. The van der Waals surface area contributed by atoms with Crippen molar-refractivity contribution in [3.63, 3.8) is 0 Å². The molecular formula is C33H39F2N7O2. The number of hydrogen-bond acceptors (Lipinski definition) is 7. The largest absolute Gasteiger partial charge is 0.435 e. The zero-order valence-electron chi connectivity index (χ0n) is 25.4. The molecule has 1 aliphatic rings. The highest BCUT2D eigenvalue weighted by Crippen LogP contribution is 2.28. The van der Waals surface area contributed by atoms with Gasteiger partial charge in [0.25, 0.3) is 5.91 Å². The summed E-state index contributed by atoms with van der Waals surface area (Å²) in [5.74, 6) is 1.31. The number of halogens is 2. The number of alkyl halides is 2. The Hall–Kier alpha value is -4.38. The lowest BCUT2D eigenvalue weighted by Gasteiger charge is -2.32. The highest BCUT2D eigenvalue weighted by atomic mass is 19.3. The van der Waals surface area contributed by atoms with E-state index in [9.17, 15) is 13.6 Å². The fourth-order valence-electron chi connectivity index (χ4n) is 5.70. The summed E-state index contributed by atoms with van der Waals surface area (Å²) in [4.78, 5) is 30.7. The molecule has 2 aromatic carbocycles. The Balaban J connectivity index is 1.19. The van der Waals surface area contributed by atoms with Gasteiger partial charge < -0.3 is 24.8 Å². The van der Waals surface area contributed by atoms with Crippen molar-refractivity contribution in [2.45, 2.75) is 39.2 Å². The van der Waals surface area contributed by atoms with Crippen molar-refractivity contribution in [3.05, 3.63) is 72.2 Å². The summed E-state index contributed by atoms with van der Waals surface area (Å²) in [6.07, 6.45) is 11.5. The molecule has 232 valence electrons. The van der Waals surface area contributed by atoms with E-state index in [1.165, 1.54) is 25.0 Å². The normalized spacial score (nSPS) is 14.5. The number of nitrogens with one attached hydrogen (secondary N) is 1. The van der Waals surface area contributed by atoms with E-state index in [-0.39, 0.29) is 11.7 Å². The number of carbonyl (C=O) groups excluding carboxylic acids is 1. The van der Waals surface area contributed by atoms with Crippen molar-refractivity contribution in [3.8, 4) is 17.0 Å². The lowest BCUT2D eigenvalue weighted by atomic mass is 9.93. The molecule has 1 aliphatic heterocycles. The van der Waals surface area contributed by atoms with Crippen LogP contribution in [-0.2, 0) is 0 Å². The molecule has 0 atom stereocenters. The molecular weight excluding hydrogens is 564 g/mol. The number of anilines is 2. The number of benzene rings is 2. The third-order valence-corrected chi connectivity index (χ3v) is 8.21. The number of nitrogens with zero attached hydrogens (tertiary/aromatic N) is 6. The van der Waals surface area contributed by atoms with Crippen molar-refractivity contribution in [1.29, 1.82) is 0 Å². The predicted octanol–water partition coefficient (Wildman–Crippen LogP) is 6.31. The zero-order chi connectivity index (χ0) is 31.1. The predicted molar refractivity (Wildman–Crippen MR) is 169 cm³/mol. The van der Waals surface area contributed by atoms with E-state index in [1.54, 1.807) is 30.7 Å². The third-order valence-electron chi connectivity index (χ3n) is 8.21. The number of ether oxygens (including phenoxy) is 1. The smallest absolute Gasteiger partial charge is 0.387 e. The first-order chi connectivity index (χ1) is 21.3. The molecule has 0 unspecified atom stereocenters. The van der Waals surface area contributed by atoms with Crippen LogP contribution in [0.25, 0.3) is 16.9 Å². The Morgan fingerprint density at radius 2 is 1.95 bits per heavy atom. The van der Waals surface area contributed by atoms with E-state index in [0.717, 1.165) is 61.5 Å². The van der Waals surface area contributed by atoms with Crippen LogP contribution < -0.4 is 10.1 Å². The number of likely N-dealkylation sites (tertiary alicyclic amines) is 1. The molecule has 11 heteroatoms. The Morgan fingerprint density at radius 3 is 2.66 bits per heavy atom. The second-order valence-corrected chi connectivity index (χ2v) is 11.2. The van der Waals surface area contributed by atoms with E-state index >= 15 is 0 Å². The molecule has 0 aliphatic carbocycles. The van der Waals surface area contributed by atoms with Gasteiger partial charge in [-0.05, 0) is 106 Å². The number of fused-ring (bicyclic) bond motifs is 1. The number of aliphatic imine (C=N–C) groups is 1. The molecule has 9 nitrogen and oxygen atoms in total. The van der Waals surface area contributed by atoms with Gasteiger partial charge >= 0.3 is 6.61 Å². The first-order valence-electron chi connectivity index (χ1n) is 15.0. The molecule has 3 heterocycles. The molecule has 0 saturated carbocycles. The number of rotatable bonds is 12. The molecule has 1 fully saturated rings. The molecule has 1 N–H and O–H groups in total. The van der Waals surface area contributed by atoms with Gasteiger partial charge in [0.15, 0.2) is 11.5 Å². The summed E-state index contributed by atoms with van der Waals surface area (Å²) in [6, 6.07) is 12.1. The molecule has 4 aromatic rings. The monoisotopic (exact) mass is 603 g/mol. The first kappa shape index (κ1) is 31.1. The van der Waals surface area contributed by atoms with Crippen molar-refractivity contribution < 1.29 is 18.3 Å². The van der Waals surface area contributed by atoms with Gasteiger partial charge in [0.2, 0.25) is 0 Å². The second-order valence-electron chi connectivity index (χ2n) is 11.2. The van der Waals surface area contributed by atoms with Gasteiger partial charge in [0.1, 0.15) is 5.75 Å². The molecule has 2 aromatic heterocycles. The fourth-order valence-corrected chi connectivity index (χ4v) is 5.70. The van der Waals surface area contributed by atoms with Crippen molar-refractivity contribution in [2.24, 2.45) is 10.9 Å². The second kappa shape index (κ2) is 14.4. The van der Waals surface area contributed by atoms with Crippen LogP contribution in [0.4, 0.5) is 20.3 Å². The lowest BCUT2D eigenvalue weighted by Crippen LogP contribution is -2.36. The highest BCUT2D eigenvalue weighted by molar-refractivity contribution is 5.96. The fraction of sp³-hybridized carbons (Fsp3) is 0.394. The maximum absolute atomic E-state index is 13.3. The van der Waals surface area contributed by atoms with Crippen molar-refractivity contribution in [1.82, 2.24) is 24.2 Å². The van der Waals surface area contributed by atoms with Gasteiger partial charge in [0, 0.05) is 56.4 Å². The van der Waals surface area contributed by atoms with Crippen LogP contribution >= 0.6 is 0 Å². The maximum Gasteiger partial charge on any atom is 0.387 e. The number of piperidine rings is 1. The average Bonchev–Trinajstić information content (AvgIpc) is 3.46. The van der Waals surface area contributed by atoms with E-state index in [4.69, 9.17) is 0 Å². The summed E-state index contributed by atoms with van der Waals surface area (Å²) in [5.41, 5.74) is 4.52. The summed E-state index contributed by atoms with van der Waals surface area (Å²) in [7, 11) is 3.70. The standard InChI is InChI=1S/C33H39F2N7O2/c1-23-21-26(7-10-28(23)32(43)40(3)17-11-24-12-18-41(19-13-24)16-4-14-36-2)39-30-31-38-22-29(42(31)20-15-37-30)25-5-8-27(9-6-25)44-33(34)35/h5-10,14-15,20-22,24,33H,4,11-13,16-19H2,1-3H3,(H,37,39)/b36-14+. The van der Waals surface area contributed by atoms with Gasteiger partial charge in [-0.25, -0.2) is 9.97 Å². The van der Waals surface area contributed by atoms with Gasteiger partial charge in [-0.3, -0.25) is 9.20 Å². The van der Waals surface area contributed by atoms with Gasteiger partial charge in [0.05, 0.1) is 11.9 Å². The quantitative estimate of drug-likeness (QED) is 0.191. The lowest BCUT2D eigenvalue weighted by molar-refractivity contribution is -0.0498. The molecule has 0 radical (unpaired) electrons. The highest BCUT2D eigenvalue weighted by Gasteiger charge is 2.21. The minimum absolute atomic E-state index is 0.0217. The number of aromatic nitrogens is 3. The number of carbonyl (C=O) groups is 1. The van der Waals surface area contributed by atoms with Crippen LogP contribution in [0.15, 0.2) is 66.0 Å². The minimum Gasteiger partial charge on any atom is -0.435 e. The maximum atomic E-state index is 13.3. The average molecular weight is 604 g/mol. The number of aryl methyl sites for hydroxylation is 1. The number of imidazole rings is 1. The summed E-state index contributed by atoms with van der Waals surface area (Å²) in [6.45, 7) is 3.10. The van der Waals surface area contributed by atoms with Gasteiger partial charge in [-0.2, -0.15) is 8.78 Å². The topological polar surface area (TPSA) is 87.4 Å². The zero-order valence-corrected chi connectivity index (χ0v) is 25.4. The van der Waals surface area contributed by atoms with E-state index < -0.39 is 6.61 Å². The Morgan fingerprint density at radius 1 is 1.18 bits per heavy atom. The van der Waals surface area contributed by atoms with Crippen LogP contribution in [-0.4, -0.2) is 83.2 Å². The van der Waals surface area contributed by atoms with E-state index in [1.807, 2.05) is 54.7 Å². The SMILES string of the molecule is C/N=C/CCN1CCC(CCN(C)C(=O)c2ccc(Nc3nccn4c(-c5ccc(OC(F)F)cc5)cnc34)cc2C)CC1. The van der Waals surface area contributed by atoms with Crippen LogP contribution in [0.1, 0.15) is 41.6 Å². The number of hydrogen-bond donors (Lipinski definition) is 1. The first-order valence-corrected chi connectivity index (χ1v) is 15.0. The van der Waals surface area contributed by atoms with Gasteiger partial charge in [-0.15, -0.1) is 0 Å². The molecule has 1 amide bonds. The number of amides is 1. The Kier molecular flexibility index (Phi) is 10.2. The van der Waals surface area contributed by atoms with Gasteiger partial charge in [-0.1, -0.05) is 0 Å². The minimum atomic E-state index is -2.87. The molecule has 44 heavy (non-hydrogen) atoms. The molecule has 0 spiro atoms. The third kappa shape index (κ3) is 7.57. The Bertz CT molecular complexity index is 1580. The van der Waals surface area contributed by atoms with Crippen molar-refractivity contribution in [2.75, 3.05) is 45.6 Å². The molecule has 5 rings (SSSR count). The van der Waals surface area contributed by atoms with Crippen molar-refractivity contribution >= 4 is 29.3 Å². The summed E-state index contributed by atoms with van der Waals surface area (Å²) >= 11 is 0.